The quantitative estimate of drug-likeness (QED) is 0.661. The molecular weight excluding hydrogens is 288 g/mol. The molecule has 2 rings (SSSR count). The van der Waals surface area contributed by atoms with Crippen molar-refractivity contribution in [2.24, 2.45) is 5.92 Å². The maximum absolute atomic E-state index is 11.6. The molecule has 0 heterocycles. The van der Waals surface area contributed by atoms with E-state index in [1.165, 1.54) is 25.0 Å². The van der Waals surface area contributed by atoms with E-state index < -0.39 is 18.4 Å². The van der Waals surface area contributed by atoms with E-state index in [0.29, 0.717) is 23.8 Å². The predicted octanol–water partition coefficient (Wildman–Crippen LogP) is 0.866. The second-order valence-corrected chi connectivity index (χ2v) is 5.16. The molecule has 0 bridgehead atoms. The highest BCUT2D eigenvalue weighted by Crippen LogP contribution is 2.28. The smallest absolute Gasteiger partial charge is 0.322 e. The lowest BCUT2D eigenvalue weighted by atomic mass is 10.2. The fourth-order valence-electron chi connectivity index (χ4n) is 1.76. The van der Waals surface area contributed by atoms with Crippen LogP contribution in [0, 0.1) is 5.92 Å². The van der Waals surface area contributed by atoms with Gasteiger partial charge in [0.1, 0.15) is 13.2 Å². The van der Waals surface area contributed by atoms with E-state index in [4.69, 9.17) is 9.84 Å². The largest absolute Gasteiger partial charge is 0.480 e. The Morgan fingerprint density at radius 3 is 2.45 bits per heavy atom. The molecular formula is C15H18N2O5. The minimum Gasteiger partial charge on any atom is -0.480 e. The number of carbonyl (C=O) groups excluding carboxylic acids is 2. The summed E-state index contributed by atoms with van der Waals surface area (Å²) in [5, 5.41) is 13.4. The number of carbonyl (C=O) groups is 3. The molecule has 1 aromatic carbocycles. The Morgan fingerprint density at radius 2 is 1.86 bits per heavy atom. The molecule has 0 aromatic heterocycles. The molecule has 0 unspecified atom stereocenters. The van der Waals surface area contributed by atoms with E-state index in [1.807, 2.05) is 0 Å². The predicted molar refractivity (Wildman–Crippen MR) is 78.6 cm³/mol. The summed E-state index contributed by atoms with van der Waals surface area (Å²) in [6.07, 6.45) is 2.35. The van der Waals surface area contributed by atoms with E-state index in [9.17, 15) is 14.4 Å². The van der Waals surface area contributed by atoms with Crippen molar-refractivity contribution in [3.05, 3.63) is 29.8 Å². The number of amides is 2. The Balaban J connectivity index is 1.76. The normalized spacial score (nSPS) is 13.5. The third-order valence-electron chi connectivity index (χ3n) is 3.11. The number of carboxylic acid groups (broad SMARTS) is 1. The van der Waals surface area contributed by atoms with Gasteiger partial charge in [0.05, 0.1) is 6.61 Å². The van der Waals surface area contributed by atoms with Crippen molar-refractivity contribution in [1.29, 1.82) is 0 Å². The van der Waals surface area contributed by atoms with Crippen LogP contribution in [0.3, 0.4) is 0 Å². The zero-order valence-corrected chi connectivity index (χ0v) is 12.0. The first-order valence-electron chi connectivity index (χ1n) is 7.02. The molecule has 0 aliphatic heterocycles. The molecule has 0 radical (unpaired) electrons. The fraction of sp³-hybridized carbons (Fsp3) is 0.400. The Labute approximate surface area is 127 Å². The second kappa shape index (κ2) is 7.56. The van der Waals surface area contributed by atoms with E-state index in [0.717, 1.165) is 0 Å². The Bertz CT molecular complexity index is 552. The Hall–Kier alpha value is -2.41. The maximum Gasteiger partial charge on any atom is 0.322 e. The van der Waals surface area contributed by atoms with Gasteiger partial charge in [0, 0.05) is 11.3 Å². The summed E-state index contributed by atoms with van der Waals surface area (Å²) in [5.41, 5.74) is 0.874. The first kappa shape index (κ1) is 16.0. The number of aliphatic carboxylic acids is 1. The molecule has 1 aliphatic rings. The zero-order chi connectivity index (χ0) is 15.9. The summed E-state index contributed by atoms with van der Waals surface area (Å²) in [4.78, 5) is 33.6. The average Bonchev–Trinajstić information content (AvgIpc) is 3.29. The van der Waals surface area contributed by atoms with E-state index in [2.05, 4.69) is 10.6 Å². The van der Waals surface area contributed by atoms with Crippen LogP contribution in [0.25, 0.3) is 0 Å². The summed E-state index contributed by atoms with van der Waals surface area (Å²) in [5.74, 6) is -1.23. The van der Waals surface area contributed by atoms with Crippen LogP contribution >= 0.6 is 0 Å². The third-order valence-corrected chi connectivity index (χ3v) is 3.11. The molecule has 0 atom stereocenters. The van der Waals surface area contributed by atoms with Crippen LogP contribution < -0.4 is 10.6 Å². The summed E-state index contributed by atoms with van der Waals surface area (Å²) in [6, 6.07) is 6.18. The van der Waals surface area contributed by atoms with Gasteiger partial charge in [-0.1, -0.05) is 0 Å². The van der Waals surface area contributed by atoms with Crippen LogP contribution in [0.2, 0.25) is 0 Å². The summed E-state index contributed by atoms with van der Waals surface area (Å²) in [7, 11) is 0. The van der Waals surface area contributed by atoms with Gasteiger partial charge in [-0.05, 0) is 43.0 Å². The van der Waals surface area contributed by atoms with Crippen molar-refractivity contribution >= 4 is 23.5 Å². The van der Waals surface area contributed by atoms with Gasteiger partial charge in [-0.15, -0.1) is 0 Å². The molecule has 3 N–H and O–H groups in total. The standard InChI is InChI=1S/C15H18N2O5/c18-13(9-22-8-10-1-2-10)17-12-5-3-11(4-6-12)15(21)16-7-14(19)20/h3-6,10H,1-2,7-9H2,(H,16,21)(H,17,18)(H,19,20). The van der Waals surface area contributed by atoms with E-state index in [1.54, 1.807) is 12.1 Å². The minimum atomic E-state index is -1.11. The molecule has 7 heteroatoms. The van der Waals surface area contributed by atoms with Crippen LogP contribution in [-0.4, -0.2) is 42.6 Å². The van der Waals surface area contributed by atoms with Crippen molar-refractivity contribution in [1.82, 2.24) is 5.32 Å². The van der Waals surface area contributed by atoms with Crippen molar-refractivity contribution in [3.8, 4) is 0 Å². The number of rotatable bonds is 8. The molecule has 1 saturated carbocycles. The highest BCUT2D eigenvalue weighted by Gasteiger charge is 2.21. The molecule has 118 valence electrons. The van der Waals surface area contributed by atoms with Crippen molar-refractivity contribution in [3.63, 3.8) is 0 Å². The van der Waals surface area contributed by atoms with Crippen LogP contribution in [0.15, 0.2) is 24.3 Å². The van der Waals surface area contributed by atoms with Gasteiger partial charge in [0.25, 0.3) is 5.91 Å². The SMILES string of the molecule is O=C(O)CNC(=O)c1ccc(NC(=O)COCC2CC2)cc1. The molecule has 22 heavy (non-hydrogen) atoms. The van der Waals surface area contributed by atoms with Crippen LogP contribution in [0.1, 0.15) is 23.2 Å². The van der Waals surface area contributed by atoms with Gasteiger partial charge in [-0.3, -0.25) is 14.4 Å². The summed E-state index contributed by atoms with van der Waals surface area (Å²) < 4.78 is 5.28. The average molecular weight is 306 g/mol. The Morgan fingerprint density at radius 1 is 1.18 bits per heavy atom. The molecule has 0 spiro atoms. The third kappa shape index (κ3) is 5.53. The zero-order valence-electron chi connectivity index (χ0n) is 12.0. The number of benzene rings is 1. The van der Waals surface area contributed by atoms with Crippen LogP contribution in [-0.2, 0) is 14.3 Å². The van der Waals surface area contributed by atoms with Gasteiger partial charge in [0.15, 0.2) is 0 Å². The first-order chi connectivity index (χ1) is 10.5. The minimum absolute atomic E-state index is 0.0113. The molecule has 2 amide bonds. The lowest BCUT2D eigenvalue weighted by molar-refractivity contribution is -0.135. The van der Waals surface area contributed by atoms with Crippen molar-refractivity contribution in [2.45, 2.75) is 12.8 Å². The highest BCUT2D eigenvalue weighted by molar-refractivity contribution is 5.97. The topological polar surface area (TPSA) is 105 Å². The number of carboxylic acids is 1. The monoisotopic (exact) mass is 306 g/mol. The number of hydrogen-bond donors (Lipinski definition) is 3. The molecule has 1 fully saturated rings. The molecule has 7 nitrogen and oxygen atoms in total. The molecule has 1 aliphatic carbocycles. The maximum atomic E-state index is 11.6. The fourth-order valence-corrected chi connectivity index (χ4v) is 1.76. The lowest BCUT2D eigenvalue weighted by Gasteiger charge is -2.07. The molecule has 1 aromatic rings. The number of hydrogen-bond acceptors (Lipinski definition) is 4. The lowest BCUT2D eigenvalue weighted by Crippen LogP contribution is -2.29. The number of ether oxygens (including phenoxy) is 1. The van der Waals surface area contributed by atoms with Crippen LogP contribution in [0.4, 0.5) is 5.69 Å². The number of anilines is 1. The van der Waals surface area contributed by atoms with E-state index >= 15 is 0 Å². The summed E-state index contributed by atoms with van der Waals surface area (Å²) in [6.45, 7) is 0.198. The number of nitrogens with one attached hydrogen (secondary N) is 2. The van der Waals surface area contributed by atoms with Gasteiger partial charge in [0.2, 0.25) is 5.91 Å². The van der Waals surface area contributed by atoms with Gasteiger partial charge >= 0.3 is 5.97 Å². The van der Waals surface area contributed by atoms with Gasteiger partial charge < -0.3 is 20.5 Å². The van der Waals surface area contributed by atoms with Gasteiger partial charge in [-0.2, -0.15) is 0 Å². The van der Waals surface area contributed by atoms with Gasteiger partial charge in [-0.25, -0.2) is 0 Å². The van der Waals surface area contributed by atoms with E-state index in [-0.39, 0.29) is 12.5 Å². The van der Waals surface area contributed by atoms with Crippen molar-refractivity contribution in [2.75, 3.05) is 25.1 Å². The highest BCUT2D eigenvalue weighted by atomic mass is 16.5. The van der Waals surface area contributed by atoms with Crippen LogP contribution in [0.5, 0.6) is 0 Å². The second-order valence-electron chi connectivity index (χ2n) is 5.16. The van der Waals surface area contributed by atoms with Crippen molar-refractivity contribution < 1.29 is 24.2 Å². The molecule has 0 saturated heterocycles. The summed E-state index contributed by atoms with van der Waals surface area (Å²) >= 11 is 0. The first-order valence-corrected chi connectivity index (χ1v) is 7.02. The Kier molecular flexibility index (Phi) is 5.48.